The van der Waals surface area contributed by atoms with Gasteiger partial charge >= 0.3 is 12.0 Å². The predicted molar refractivity (Wildman–Crippen MR) is 91.3 cm³/mol. The largest absolute Gasteiger partial charge is 0.444 e. The number of esters is 1. The molecule has 0 bridgehead atoms. The summed E-state index contributed by atoms with van der Waals surface area (Å²) in [7, 11) is 1.38. The number of carbonyl (C=O) groups is 3. The molecule has 0 aliphatic carbocycles. The van der Waals surface area contributed by atoms with Crippen molar-refractivity contribution in [1.82, 2.24) is 10.6 Å². The van der Waals surface area contributed by atoms with Crippen LogP contribution in [0, 0.1) is 0 Å². The molecule has 0 aliphatic rings. The predicted octanol–water partition coefficient (Wildman–Crippen LogP) is 2.80. The van der Waals surface area contributed by atoms with Gasteiger partial charge in [-0.15, -0.1) is 0 Å². The van der Waals surface area contributed by atoms with E-state index in [9.17, 15) is 14.4 Å². The zero-order valence-corrected chi connectivity index (χ0v) is 14.4. The molecule has 0 aromatic heterocycles. The summed E-state index contributed by atoms with van der Waals surface area (Å²) in [5.74, 6) is -1.40. The van der Waals surface area contributed by atoms with E-state index in [1.54, 1.807) is 54.6 Å². The summed E-state index contributed by atoms with van der Waals surface area (Å²) in [5.41, 5.74) is 0.750. The molecule has 3 amide bonds. The van der Waals surface area contributed by atoms with Gasteiger partial charge < -0.3 is 10.1 Å². The molecule has 2 rings (SSSR count). The van der Waals surface area contributed by atoms with Gasteiger partial charge in [0.05, 0.1) is 5.56 Å². The zero-order chi connectivity index (χ0) is 17.5. The minimum atomic E-state index is -1.24. The second kappa shape index (κ2) is 8.26. The van der Waals surface area contributed by atoms with Gasteiger partial charge in [-0.2, -0.15) is 0 Å². The van der Waals surface area contributed by atoms with Crippen molar-refractivity contribution in [2.75, 3.05) is 7.05 Å². The van der Waals surface area contributed by atoms with Gasteiger partial charge in [-0.25, -0.2) is 9.59 Å². The first kappa shape index (κ1) is 17.7. The van der Waals surface area contributed by atoms with Crippen molar-refractivity contribution < 1.29 is 19.1 Å². The van der Waals surface area contributed by atoms with Gasteiger partial charge in [-0.1, -0.05) is 52.3 Å². The van der Waals surface area contributed by atoms with Crippen LogP contribution in [0.1, 0.15) is 22.0 Å². The standard InChI is InChI=1S/C17H15BrN2O4/c1-19-17(23)20-15(21)14(11-6-3-2-4-7-11)24-16(22)12-8-5-9-13(18)10-12/h2-10,14H,1H3,(H2,19,20,21,23)/t14-/m0/s1. The number of benzene rings is 2. The summed E-state index contributed by atoms with van der Waals surface area (Å²) >= 11 is 3.27. The number of imide groups is 1. The van der Waals surface area contributed by atoms with Crippen LogP contribution in [0.4, 0.5) is 4.79 Å². The molecule has 0 fully saturated rings. The zero-order valence-electron chi connectivity index (χ0n) is 12.8. The van der Waals surface area contributed by atoms with Gasteiger partial charge in [-0.3, -0.25) is 10.1 Å². The number of halogens is 1. The molecule has 24 heavy (non-hydrogen) atoms. The van der Waals surface area contributed by atoms with Gasteiger partial charge in [0, 0.05) is 17.1 Å². The van der Waals surface area contributed by atoms with Crippen molar-refractivity contribution in [3.8, 4) is 0 Å². The molecule has 1 atom stereocenters. The average Bonchev–Trinajstić information content (AvgIpc) is 2.59. The maximum absolute atomic E-state index is 12.3. The van der Waals surface area contributed by atoms with Crippen molar-refractivity contribution in [3.05, 3.63) is 70.2 Å². The highest BCUT2D eigenvalue weighted by molar-refractivity contribution is 9.10. The van der Waals surface area contributed by atoms with Crippen LogP contribution in [0.25, 0.3) is 0 Å². The van der Waals surface area contributed by atoms with Gasteiger partial charge in [-0.05, 0) is 18.2 Å². The number of carbonyl (C=O) groups excluding carboxylic acids is 3. The topological polar surface area (TPSA) is 84.5 Å². The summed E-state index contributed by atoms with van der Waals surface area (Å²) < 4.78 is 6.04. The van der Waals surface area contributed by atoms with Crippen LogP contribution in [-0.2, 0) is 9.53 Å². The SMILES string of the molecule is CNC(=O)NC(=O)[C@@H](OC(=O)c1cccc(Br)c1)c1ccccc1. The number of urea groups is 1. The molecule has 0 radical (unpaired) electrons. The molecule has 7 heteroatoms. The third-order valence-electron chi connectivity index (χ3n) is 3.09. The summed E-state index contributed by atoms with van der Waals surface area (Å²) in [5, 5.41) is 4.40. The van der Waals surface area contributed by atoms with Crippen LogP contribution in [-0.4, -0.2) is 25.0 Å². The third-order valence-corrected chi connectivity index (χ3v) is 3.58. The summed E-state index contributed by atoms with van der Waals surface area (Å²) in [6.45, 7) is 0. The molecule has 2 aromatic rings. The summed E-state index contributed by atoms with van der Waals surface area (Å²) in [6, 6.07) is 14.4. The summed E-state index contributed by atoms with van der Waals surface area (Å²) in [6.07, 6.45) is -1.24. The first-order valence-electron chi connectivity index (χ1n) is 7.05. The maximum atomic E-state index is 12.3. The Hall–Kier alpha value is -2.67. The number of amides is 3. The van der Waals surface area contributed by atoms with Crippen molar-refractivity contribution >= 4 is 33.8 Å². The molecule has 2 aromatic carbocycles. The van der Waals surface area contributed by atoms with E-state index in [4.69, 9.17) is 4.74 Å². The van der Waals surface area contributed by atoms with E-state index in [0.29, 0.717) is 10.0 Å². The van der Waals surface area contributed by atoms with Crippen LogP contribution in [0.5, 0.6) is 0 Å². The quantitative estimate of drug-likeness (QED) is 0.786. The Kier molecular flexibility index (Phi) is 6.08. The Labute approximate surface area is 147 Å². The van der Waals surface area contributed by atoms with Crippen LogP contribution >= 0.6 is 15.9 Å². The third kappa shape index (κ3) is 4.66. The molecule has 0 unspecified atom stereocenters. The number of nitrogens with one attached hydrogen (secondary N) is 2. The molecule has 0 saturated heterocycles. The lowest BCUT2D eigenvalue weighted by Gasteiger charge is -2.17. The van der Waals surface area contributed by atoms with E-state index in [-0.39, 0.29) is 5.56 Å². The highest BCUT2D eigenvalue weighted by atomic mass is 79.9. The minimum absolute atomic E-state index is 0.290. The first-order valence-corrected chi connectivity index (χ1v) is 7.84. The van der Waals surface area contributed by atoms with Gasteiger partial charge in [0.15, 0.2) is 0 Å². The Balaban J connectivity index is 2.24. The van der Waals surface area contributed by atoms with Gasteiger partial charge in [0.2, 0.25) is 6.10 Å². The Morgan fingerprint density at radius 1 is 1.04 bits per heavy atom. The highest BCUT2D eigenvalue weighted by Crippen LogP contribution is 2.21. The number of rotatable bonds is 4. The van der Waals surface area contributed by atoms with E-state index in [2.05, 4.69) is 26.6 Å². The molecule has 0 heterocycles. The maximum Gasteiger partial charge on any atom is 0.339 e. The molecular weight excluding hydrogens is 376 g/mol. The van der Waals surface area contributed by atoms with Gasteiger partial charge in [0.1, 0.15) is 0 Å². The van der Waals surface area contributed by atoms with Gasteiger partial charge in [0.25, 0.3) is 5.91 Å². The lowest BCUT2D eigenvalue weighted by molar-refractivity contribution is -0.129. The normalized spacial score (nSPS) is 11.2. The second-order valence-electron chi connectivity index (χ2n) is 4.77. The number of hydrogen-bond donors (Lipinski definition) is 2. The second-order valence-corrected chi connectivity index (χ2v) is 5.69. The fraction of sp³-hybridized carbons (Fsp3) is 0.118. The van der Waals surface area contributed by atoms with E-state index in [1.165, 1.54) is 7.05 Å². The molecule has 6 nitrogen and oxygen atoms in total. The molecular formula is C17H15BrN2O4. The van der Waals surface area contributed by atoms with Crippen LogP contribution in [0.2, 0.25) is 0 Å². The van der Waals surface area contributed by atoms with Crippen LogP contribution in [0.15, 0.2) is 59.1 Å². The van der Waals surface area contributed by atoms with Crippen LogP contribution < -0.4 is 10.6 Å². The van der Waals surface area contributed by atoms with Crippen molar-refractivity contribution in [2.45, 2.75) is 6.10 Å². The Bertz CT molecular complexity index is 749. The lowest BCUT2D eigenvalue weighted by Crippen LogP contribution is -2.41. The van der Waals surface area contributed by atoms with Crippen molar-refractivity contribution in [1.29, 1.82) is 0 Å². The molecule has 0 spiro atoms. The monoisotopic (exact) mass is 390 g/mol. The average molecular weight is 391 g/mol. The number of ether oxygens (including phenoxy) is 1. The molecule has 0 saturated carbocycles. The molecule has 0 aliphatic heterocycles. The number of hydrogen-bond acceptors (Lipinski definition) is 4. The minimum Gasteiger partial charge on any atom is -0.444 e. The van der Waals surface area contributed by atoms with Crippen molar-refractivity contribution in [3.63, 3.8) is 0 Å². The Morgan fingerprint density at radius 2 is 1.75 bits per heavy atom. The summed E-state index contributed by atoms with van der Waals surface area (Å²) in [4.78, 5) is 36.0. The van der Waals surface area contributed by atoms with E-state index in [0.717, 1.165) is 0 Å². The Morgan fingerprint density at radius 3 is 2.38 bits per heavy atom. The first-order chi connectivity index (χ1) is 11.5. The van der Waals surface area contributed by atoms with Crippen LogP contribution in [0.3, 0.4) is 0 Å². The smallest absolute Gasteiger partial charge is 0.339 e. The fourth-order valence-corrected chi connectivity index (χ4v) is 2.33. The van der Waals surface area contributed by atoms with E-state index in [1.807, 2.05) is 0 Å². The van der Waals surface area contributed by atoms with Crippen molar-refractivity contribution in [2.24, 2.45) is 0 Å². The fourth-order valence-electron chi connectivity index (χ4n) is 1.93. The van der Waals surface area contributed by atoms with E-state index < -0.39 is 24.0 Å². The van der Waals surface area contributed by atoms with E-state index >= 15 is 0 Å². The highest BCUT2D eigenvalue weighted by Gasteiger charge is 2.26. The molecule has 2 N–H and O–H groups in total. The lowest BCUT2D eigenvalue weighted by atomic mass is 10.1. The molecule has 124 valence electrons.